The number of nitrogens with zero attached hydrogens (tertiary/aromatic N) is 1. The molecule has 5 amide bonds. The van der Waals surface area contributed by atoms with Crippen LogP contribution in [-0.4, -0.2) is 101 Å². The SMILES string of the molecule is C=CC[C@H](NC(=O)[C@H](CCCCN)NC(=O)[C@H](CCCCN)NC(=O)[C@H](C)N)C(=O)N1[C@H](C(=O)N[C@@H](CC(C)C)C(=O)O)C[C@@H]2CCCC[C@@H]21. The molecule has 8 atom stereocenters. The van der Waals surface area contributed by atoms with E-state index in [1.54, 1.807) is 4.90 Å². The molecule has 1 saturated carbocycles. The molecule has 50 heavy (non-hydrogen) atoms. The van der Waals surface area contributed by atoms with Crippen molar-refractivity contribution in [2.45, 2.75) is 147 Å². The molecule has 284 valence electrons. The van der Waals surface area contributed by atoms with E-state index in [1.807, 2.05) is 13.8 Å². The molecule has 11 N–H and O–H groups in total. The number of carboxylic acids is 1. The van der Waals surface area contributed by atoms with Gasteiger partial charge >= 0.3 is 5.97 Å². The monoisotopic (exact) mass is 706 g/mol. The number of carboxylic acid groups (broad SMARTS) is 1. The van der Waals surface area contributed by atoms with E-state index in [9.17, 15) is 33.9 Å². The minimum atomic E-state index is -1.14. The maximum Gasteiger partial charge on any atom is 0.326 e. The van der Waals surface area contributed by atoms with Crippen LogP contribution in [-0.2, 0) is 28.8 Å². The standard InChI is InChI=1S/C35H62N8O7/c1-5-12-26(34(48)43-28-16-7-6-13-23(28)20-29(43)33(47)42-27(35(49)50)19-21(2)3)41-32(46)25(15-9-11-18-37)40-31(45)24(14-8-10-17-36)39-30(44)22(4)38/h5,21-29H,1,6-20,36-38H2,2-4H3,(H,39,44)(H,40,45)(H,41,46)(H,42,47)(H,49,50)/t22-,23-,24-,25-,26-,27-,28-,29-/m0/s1. The highest BCUT2D eigenvalue weighted by Gasteiger charge is 2.49. The Bertz CT molecular complexity index is 1170. The normalized spacial score (nSPS) is 21.6. The number of aliphatic carboxylic acids is 1. The Balaban J connectivity index is 2.34. The second-order valence-corrected chi connectivity index (χ2v) is 14.2. The zero-order chi connectivity index (χ0) is 37.4. The fourth-order valence-corrected chi connectivity index (χ4v) is 6.91. The second kappa shape index (κ2) is 21.6. The minimum Gasteiger partial charge on any atom is -0.480 e. The van der Waals surface area contributed by atoms with Crippen molar-refractivity contribution < 1.29 is 33.9 Å². The number of hydrogen-bond acceptors (Lipinski definition) is 9. The third kappa shape index (κ3) is 13.0. The van der Waals surface area contributed by atoms with Crippen molar-refractivity contribution in [1.29, 1.82) is 0 Å². The van der Waals surface area contributed by atoms with Crippen molar-refractivity contribution >= 4 is 35.5 Å². The number of nitrogens with one attached hydrogen (secondary N) is 4. The maximum atomic E-state index is 14.4. The number of hydrogen-bond donors (Lipinski definition) is 8. The number of carbonyl (C=O) groups excluding carboxylic acids is 5. The van der Waals surface area contributed by atoms with Crippen LogP contribution in [0, 0.1) is 11.8 Å². The van der Waals surface area contributed by atoms with Crippen molar-refractivity contribution in [3.63, 3.8) is 0 Å². The third-order valence-electron chi connectivity index (χ3n) is 9.56. The van der Waals surface area contributed by atoms with Crippen LogP contribution < -0.4 is 38.5 Å². The molecule has 0 aromatic carbocycles. The van der Waals surface area contributed by atoms with Gasteiger partial charge in [0.05, 0.1) is 6.04 Å². The summed E-state index contributed by atoms with van der Waals surface area (Å²) in [4.78, 5) is 81.4. The van der Waals surface area contributed by atoms with Crippen LogP contribution in [0.4, 0.5) is 0 Å². The molecule has 2 aliphatic rings. The summed E-state index contributed by atoms with van der Waals surface area (Å²) >= 11 is 0. The van der Waals surface area contributed by atoms with Gasteiger partial charge in [0.1, 0.15) is 30.2 Å². The van der Waals surface area contributed by atoms with Crippen LogP contribution in [0.1, 0.15) is 104 Å². The number of rotatable bonds is 22. The Morgan fingerprint density at radius 2 is 1.34 bits per heavy atom. The summed E-state index contributed by atoms with van der Waals surface area (Å²) in [6.45, 7) is 9.82. The van der Waals surface area contributed by atoms with E-state index in [1.165, 1.54) is 13.0 Å². The molecule has 1 aliphatic heterocycles. The lowest BCUT2D eigenvalue weighted by Crippen LogP contribution is -2.60. The summed E-state index contributed by atoms with van der Waals surface area (Å²) in [5.74, 6) is -3.70. The Hall–Kier alpha value is -3.56. The van der Waals surface area contributed by atoms with E-state index in [0.29, 0.717) is 51.6 Å². The molecule has 2 fully saturated rings. The molecule has 15 heteroatoms. The molecule has 0 spiro atoms. The largest absolute Gasteiger partial charge is 0.480 e. The molecule has 0 aromatic heterocycles. The van der Waals surface area contributed by atoms with Gasteiger partial charge in [-0.3, -0.25) is 24.0 Å². The first-order chi connectivity index (χ1) is 23.7. The van der Waals surface area contributed by atoms with Crippen molar-refractivity contribution in [2.75, 3.05) is 13.1 Å². The summed E-state index contributed by atoms with van der Waals surface area (Å²) in [5, 5.41) is 20.7. The van der Waals surface area contributed by atoms with E-state index in [0.717, 1.165) is 19.3 Å². The molecular weight excluding hydrogens is 644 g/mol. The molecule has 1 saturated heterocycles. The fraction of sp³-hybridized carbons (Fsp3) is 0.771. The lowest BCUT2D eigenvalue weighted by molar-refractivity contribution is -0.146. The summed E-state index contributed by atoms with van der Waals surface area (Å²) in [5.41, 5.74) is 17.0. The summed E-state index contributed by atoms with van der Waals surface area (Å²) in [7, 11) is 0. The van der Waals surface area contributed by atoms with E-state index in [4.69, 9.17) is 17.2 Å². The Kier molecular flexibility index (Phi) is 18.4. The van der Waals surface area contributed by atoms with Crippen LogP contribution in [0.15, 0.2) is 12.7 Å². The number of amides is 5. The first-order valence-electron chi connectivity index (χ1n) is 18.3. The van der Waals surface area contributed by atoms with Gasteiger partial charge in [-0.1, -0.05) is 32.8 Å². The summed E-state index contributed by atoms with van der Waals surface area (Å²) in [6, 6.07) is -6.16. The third-order valence-corrected chi connectivity index (χ3v) is 9.56. The lowest BCUT2D eigenvalue weighted by atomic mass is 9.84. The van der Waals surface area contributed by atoms with Crippen molar-refractivity contribution in [2.24, 2.45) is 29.0 Å². The quantitative estimate of drug-likeness (QED) is 0.0568. The van der Waals surface area contributed by atoms with E-state index >= 15 is 0 Å². The summed E-state index contributed by atoms with van der Waals surface area (Å²) in [6.07, 6.45) is 8.42. The smallest absolute Gasteiger partial charge is 0.326 e. The van der Waals surface area contributed by atoms with Gasteiger partial charge in [-0.2, -0.15) is 0 Å². The van der Waals surface area contributed by atoms with Crippen molar-refractivity contribution in [3.8, 4) is 0 Å². The van der Waals surface area contributed by atoms with Crippen LogP contribution in [0.5, 0.6) is 0 Å². The number of unbranched alkanes of at least 4 members (excludes halogenated alkanes) is 2. The van der Waals surface area contributed by atoms with Crippen LogP contribution >= 0.6 is 0 Å². The molecule has 0 radical (unpaired) electrons. The van der Waals surface area contributed by atoms with Gasteiger partial charge in [-0.15, -0.1) is 6.58 Å². The first kappa shape index (κ1) is 42.6. The number of fused-ring (bicyclic) bond motifs is 1. The van der Waals surface area contributed by atoms with Crippen LogP contribution in [0.2, 0.25) is 0 Å². The maximum absolute atomic E-state index is 14.4. The molecule has 0 bridgehead atoms. The predicted octanol–water partition coefficient (Wildman–Crippen LogP) is 0.397. The number of nitrogens with two attached hydrogens (primary N) is 3. The van der Waals surface area contributed by atoms with Gasteiger partial charge in [-0.05, 0) is 102 Å². The van der Waals surface area contributed by atoms with E-state index in [2.05, 4.69) is 27.8 Å². The first-order valence-corrected chi connectivity index (χ1v) is 18.3. The summed E-state index contributed by atoms with van der Waals surface area (Å²) < 4.78 is 0. The molecule has 1 heterocycles. The van der Waals surface area contributed by atoms with Gasteiger partial charge in [0.25, 0.3) is 0 Å². The average molecular weight is 707 g/mol. The van der Waals surface area contributed by atoms with Gasteiger partial charge in [-0.25, -0.2) is 4.79 Å². The van der Waals surface area contributed by atoms with Gasteiger partial charge < -0.3 is 48.5 Å². The average Bonchev–Trinajstić information content (AvgIpc) is 3.46. The topological polar surface area (TPSA) is 252 Å². The number of carbonyl (C=O) groups is 6. The fourth-order valence-electron chi connectivity index (χ4n) is 6.91. The van der Waals surface area contributed by atoms with Crippen molar-refractivity contribution in [1.82, 2.24) is 26.2 Å². The lowest BCUT2D eigenvalue weighted by Gasteiger charge is -2.36. The molecule has 0 unspecified atom stereocenters. The Labute approximate surface area is 296 Å². The predicted molar refractivity (Wildman–Crippen MR) is 190 cm³/mol. The van der Waals surface area contributed by atoms with Gasteiger partial charge in [0.15, 0.2) is 0 Å². The minimum absolute atomic E-state index is 0.0208. The molecular formula is C35H62N8O7. The molecule has 2 rings (SSSR count). The highest BCUT2D eigenvalue weighted by atomic mass is 16.4. The number of likely N-dealkylation sites (tertiary alicyclic amines) is 1. The highest BCUT2D eigenvalue weighted by molar-refractivity contribution is 5.96. The zero-order valence-electron chi connectivity index (χ0n) is 30.2. The van der Waals surface area contributed by atoms with Crippen molar-refractivity contribution in [3.05, 3.63) is 12.7 Å². The van der Waals surface area contributed by atoms with E-state index < -0.39 is 71.8 Å². The zero-order valence-corrected chi connectivity index (χ0v) is 30.2. The molecule has 15 nitrogen and oxygen atoms in total. The molecule has 0 aromatic rings. The Morgan fingerprint density at radius 3 is 1.84 bits per heavy atom. The van der Waals surface area contributed by atoms with Crippen LogP contribution in [0.3, 0.4) is 0 Å². The second-order valence-electron chi connectivity index (χ2n) is 14.2. The van der Waals surface area contributed by atoms with Gasteiger partial charge in [0, 0.05) is 6.04 Å². The Morgan fingerprint density at radius 1 is 0.800 bits per heavy atom. The van der Waals surface area contributed by atoms with Gasteiger partial charge in [0.2, 0.25) is 29.5 Å². The van der Waals surface area contributed by atoms with E-state index in [-0.39, 0.29) is 43.6 Å². The highest BCUT2D eigenvalue weighted by Crippen LogP contribution is 2.40. The molecule has 1 aliphatic carbocycles. The van der Waals surface area contributed by atoms with Crippen LogP contribution in [0.25, 0.3) is 0 Å².